The summed E-state index contributed by atoms with van der Waals surface area (Å²) in [6.45, 7) is 1.53. The molecule has 0 spiro atoms. The van der Waals surface area contributed by atoms with Crippen LogP contribution in [0.3, 0.4) is 0 Å². The molecule has 200 valence electrons. The average Bonchev–Trinajstić information content (AvgIpc) is 3.23. The number of carbonyl (C=O) groups is 1. The van der Waals surface area contributed by atoms with E-state index in [0.717, 1.165) is 29.8 Å². The van der Waals surface area contributed by atoms with Gasteiger partial charge in [-0.2, -0.15) is 13.2 Å². The molecule has 38 heavy (non-hydrogen) atoms. The Kier molecular flexibility index (Phi) is 7.51. The highest BCUT2D eigenvalue weighted by Gasteiger charge is 2.34. The summed E-state index contributed by atoms with van der Waals surface area (Å²) in [4.78, 5) is 18.8. The van der Waals surface area contributed by atoms with Crippen LogP contribution < -0.4 is 9.47 Å². The third-order valence-corrected chi connectivity index (χ3v) is 5.45. The summed E-state index contributed by atoms with van der Waals surface area (Å²) in [5, 5.41) is 0.749. The third-order valence-electron chi connectivity index (χ3n) is 5.45. The van der Waals surface area contributed by atoms with E-state index < -0.39 is 30.5 Å². The summed E-state index contributed by atoms with van der Waals surface area (Å²) < 4.78 is 92.8. The van der Waals surface area contributed by atoms with E-state index in [4.69, 9.17) is 9.47 Å². The van der Waals surface area contributed by atoms with Crippen LogP contribution in [0, 0.1) is 0 Å². The normalized spacial score (nSPS) is 12.0. The molecule has 2 aromatic heterocycles. The number of nitrogens with zero attached hydrogens (tertiary/aromatic N) is 1. The van der Waals surface area contributed by atoms with Crippen molar-refractivity contribution in [1.82, 2.24) is 9.97 Å². The fourth-order valence-corrected chi connectivity index (χ4v) is 3.78. The molecule has 4 rings (SSSR count). The molecule has 0 unspecified atom stereocenters. The minimum atomic E-state index is -4.89. The molecule has 0 atom stereocenters. The van der Waals surface area contributed by atoms with Crippen LogP contribution in [-0.2, 0) is 28.7 Å². The van der Waals surface area contributed by atoms with Crippen LogP contribution >= 0.6 is 0 Å². The summed E-state index contributed by atoms with van der Waals surface area (Å²) in [6.07, 6.45) is -6.89. The molecule has 4 aromatic rings. The number of hydrogen-bond acceptors (Lipinski definition) is 5. The van der Waals surface area contributed by atoms with Crippen molar-refractivity contribution in [2.24, 2.45) is 0 Å². The number of fused-ring (bicyclic) bond motifs is 1. The number of carbonyl (C=O) groups excluding carboxylic acids is 1. The Bertz CT molecular complexity index is 1430. The number of rotatable bonds is 8. The Morgan fingerprint density at radius 3 is 2.32 bits per heavy atom. The number of esters is 1. The van der Waals surface area contributed by atoms with Gasteiger partial charge in [-0.25, -0.2) is 0 Å². The third kappa shape index (κ3) is 6.55. The number of benzene rings is 2. The molecule has 2 aromatic carbocycles. The average molecular weight is 538 g/mol. The van der Waals surface area contributed by atoms with E-state index in [9.17, 15) is 31.1 Å². The number of aromatic nitrogens is 2. The van der Waals surface area contributed by atoms with Crippen LogP contribution in [0.1, 0.15) is 23.6 Å². The lowest BCUT2D eigenvalue weighted by Gasteiger charge is -2.15. The number of alkyl halides is 6. The van der Waals surface area contributed by atoms with E-state index >= 15 is 0 Å². The van der Waals surface area contributed by atoms with Crippen molar-refractivity contribution in [1.29, 1.82) is 0 Å². The van der Waals surface area contributed by atoms with Crippen LogP contribution in [-0.4, -0.2) is 28.9 Å². The molecule has 12 heteroatoms. The second kappa shape index (κ2) is 10.6. The Morgan fingerprint density at radius 1 is 0.947 bits per heavy atom. The molecular weight excluding hydrogens is 518 g/mol. The van der Waals surface area contributed by atoms with Gasteiger partial charge in [0.2, 0.25) is 0 Å². The summed E-state index contributed by atoms with van der Waals surface area (Å²) in [6, 6.07) is 10.0. The molecule has 6 nitrogen and oxygen atoms in total. The Hall–Kier alpha value is -4.22. The van der Waals surface area contributed by atoms with Gasteiger partial charge in [-0.1, -0.05) is 0 Å². The molecule has 2 heterocycles. The van der Waals surface area contributed by atoms with Crippen molar-refractivity contribution in [2.75, 3.05) is 6.61 Å². The number of pyridine rings is 1. The van der Waals surface area contributed by atoms with Crippen molar-refractivity contribution in [2.45, 2.75) is 32.5 Å². The maximum Gasteiger partial charge on any atom is 0.573 e. The smallest absolute Gasteiger partial charge is 0.489 e. The summed E-state index contributed by atoms with van der Waals surface area (Å²) in [5.41, 5.74) is 0.213. The van der Waals surface area contributed by atoms with Gasteiger partial charge < -0.3 is 19.2 Å². The van der Waals surface area contributed by atoms with E-state index in [0.29, 0.717) is 16.8 Å². The summed E-state index contributed by atoms with van der Waals surface area (Å²) in [5.74, 6) is -0.594. The fraction of sp³-hybridized carbons (Fsp3) is 0.231. The highest BCUT2D eigenvalue weighted by molar-refractivity contribution is 5.88. The zero-order chi connectivity index (χ0) is 27.5. The van der Waals surface area contributed by atoms with E-state index in [1.807, 2.05) is 0 Å². The highest BCUT2D eigenvalue weighted by Crippen LogP contribution is 2.35. The minimum absolute atomic E-state index is 0.0685. The van der Waals surface area contributed by atoms with Crippen molar-refractivity contribution >= 4 is 16.9 Å². The molecule has 0 fully saturated rings. The fourth-order valence-electron chi connectivity index (χ4n) is 3.78. The van der Waals surface area contributed by atoms with E-state index in [-0.39, 0.29) is 35.8 Å². The van der Waals surface area contributed by atoms with Crippen LogP contribution in [0.5, 0.6) is 11.5 Å². The number of nitrogens with one attached hydrogen (secondary N) is 1. The SMILES string of the molecule is CCOC(=O)Cc1c[nH]c2cc(OCc3cnc(-c4ccc(OC(F)(F)F)cc4)cc3C(F)(F)F)ccc12. The molecule has 0 amide bonds. The Labute approximate surface area is 212 Å². The van der Waals surface area contributed by atoms with Crippen LogP contribution in [0.15, 0.2) is 60.9 Å². The first-order chi connectivity index (χ1) is 17.9. The topological polar surface area (TPSA) is 73.4 Å². The minimum Gasteiger partial charge on any atom is -0.489 e. The lowest BCUT2D eigenvalue weighted by molar-refractivity contribution is -0.274. The number of hydrogen-bond donors (Lipinski definition) is 1. The number of ether oxygens (including phenoxy) is 3. The lowest BCUT2D eigenvalue weighted by atomic mass is 10.0. The van der Waals surface area contributed by atoms with Gasteiger partial charge in [0.05, 0.1) is 24.3 Å². The second-order valence-electron chi connectivity index (χ2n) is 8.09. The summed E-state index contributed by atoms with van der Waals surface area (Å²) >= 11 is 0. The standard InChI is InChI=1S/C26H20F6N2O4/c1-2-36-24(35)9-16-12-34-23-10-19(7-8-20(16)23)37-14-17-13-33-22(11-21(17)25(27,28)29)15-3-5-18(6-4-15)38-26(30,31)32/h3-8,10-13,34H,2,9,14H2,1H3. The Morgan fingerprint density at radius 2 is 1.66 bits per heavy atom. The van der Waals surface area contributed by atoms with Crippen LogP contribution in [0.25, 0.3) is 22.2 Å². The number of aromatic amines is 1. The van der Waals surface area contributed by atoms with E-state index in [2.05, 4.69) is 14.7 Å². The molecule has 0 aliphatic rings. The maximum atomic E-state index is 13.8. The van der Waals surface area contributed by atoms with E-state index in [1.54, 1.807) is 31.3 Å². The molecule has 0 bridgehead atoms. The first-order valence-electron chi connectivity index (χ1n) is 11.2. The molecule has 0 saturated carbocycles. The lowest BCUT2D eigenvalue weighted by Crippen LogP contribution is -2.17. The number of halogens is 6. The molecule has 0 saturated heterocycles. The maximum absolute atomic E-state index is 13.8. The van der Waals surface area contributed by atoms with Crippen molar-refractivity contribution in [3.63, 3.8) is 0 Å². The van der Waals surface area contributed by atoms with Crippen LogP contribution in [0.4, 0.5) is 26.3 Å². The van der Waals surface area contributed by atoms with Crippen molar-refractivity contribution in [3.8, 4) is 22.8 Å². The van der Waals surface area contributed by atoms with Gasteiger partial charge in [0.1, 0.15) is 18.1 Å². The molecule has 0 aliphatic heterocycles. The van der Waals surface area contributed by atoms with Crippen molar-refractivity contribution < 1.29 is 45.3 Å². The predicted octanol–water partition coefficient (Wildman–Crippen LogP) is 6.83. The van der Waals surface area contributed by atoms with Gasteiger partial charge in [-0.15, -0.1) is 13.2 Å². The second-order valence-corrected chi connectivity index (χ2v) is 8.09. The molecule has 0 aliphatic carbocycles. The quantitative estimate of drug-likeness (QED) is 0.197. The van der Waals surface area contributed by atoms with E-state index in [1.165, 1.54) is 12.1 Å². The molecule has 0 radical (unpaired) electrons. The predicted molar refractivity (Wildman–Crippen MR) is 124 cm³/mol. The van der Waals surface area contributed by atoms with Crippen LogP contribution in [0.2, 0.25) is 0 Å². The number of H-pyrrole nitrogens is 1. The largest absolute Gasteiger partial charge is 0.573 e. The highest BCUT2D eigenvalue weighted by atomic mass is 19.4. The zero-order valence-electron chi connectivity index (χ0n) is 19.7. The van der Waals surface area contributed by atoms with Crippen molar-refractivity contribution in [3.05, 3.63) is 77.6 Å². The van der Waals surface area contributed by atoms with Gasteiger partial charge in [0, 0.05) is 40.5 Å². The zero-order valence-corrected chi connectivity index (χ0v) is 19.7. The molecule has 1 N–H and O–H groups in total. The monoisotopic (exact) mass is 538 g/mol. The Balaban J connectivity index is 1.52. The molecular formula is C26H20F6N2O4. The first-order valence-corrected chi connectivity index (χ1v) is 11.2. The summed E-state index contributed by atoms with van der Waals surface area (Å²) in [7, 11) is 0. The van der Waals surface area contributed by atoms with Gasteiger partial charge in [-0.3, -0.25) is 9.78 Å². The first kappa shape index (κ1) is 26.8. The van der Waals surface area contributed by atoms with Gasteiger partial charge in [-0.05, 0) is 55.0 Å². The van der Waals surface area contributed by atoms with Gasteiger partial charge in [0.25, 0.3) is 0 Å². The van der Waals surface area contributed by atoms with Gasteiger partial charge in [0.15, 0.2) is 0 Å². The van der Waals surface area contributed by atoms with Gasteiger partial charge >= 0.3 is 18.5 Å².